The third-order valence-corrected chi connectivity index (χ3v) is 4.01. The van der Waals surface area contributed by atoms with E-state index in [1.54, 1.807) is 7.11 Å². The molecule has 0 aromatic heterocycles. The van der Waals surface area contributed by atoms with Gasteiger partial charge in [0.05, 0.1) is 13.2 Å². The molecule has 2 N–H and O–H groups in total. The quantitative estimate of drug-likeness (QED) is 0.357. The van der Waals surface area contributed by atoms with Crippen molar-refractivity contribution in [1.82, 2.24) is 15.5 Å². The Morgan fingerprint density at radius 2 is 1.86 bits per heavy atom. The molecule has 0 bridgehead atoms. The van der Waals surface area contributed by atoms with Crippen molar-refractivity contribution in [2.75, 3.05) is 66.7 Å². The molecule has 1 fully saturated rings. The van der Waals surface area contributed by atoms with Crippen LogP contribution in [0.25, 0.3) is 0 Å². The summed E-state index contributed by atoms with van der Waals surface area (Å²) in [5, 5.41) is 6.69. The zero-order valence-corrected chi connectivity index (χ0v) is 14.6. The lowest BCUT2D eigenvalue weighted by Gasteiger charge is -2.30. The average Bonchev–Trinajstić information content (AvgIpc) is 2.54. The Labute approximate surface area is 135 Å². The van der Waals surface area contributed by atoms with Crippen molar-refractivity contribution in [1.29, 1.82) is 0 Å². The molecule has 0 aromatic carbocycles. The summed E-state index contributed by atoms with van der Waals surface area (Å²) in [7, 11) is 3.50. The lowest BCUT2D eigenvalue weighted by atomic mass is 9.99. The first-order chi connectivity index (χ1) is 10.8. The number of methoxy groups -OCH3 is 1. The maximum absolute atomic E-state index is 5.43. The number of nitrogens with zero attached hydrogens (tertiary/aromatic N) is 2. The van der Waals surface area contributed by atoms with Crippen LogP contribution in [0.5, 0.6) is 0 Å². The first kappa shape index (κ1) is 19.2. The average molecular weight is 314 g/mol. The van der Waals surface area contributed by atoms with Crippen molar-refractivity contribution in [3.05, 3.63) is 0 Å². The van der Waals surface area contributed by atoms with E-state index in [0.29, 0.717) is 13.2 Å². The van der Waals surface area contributed by atoms with Crippen LogP contribution >= 0.6 is 0 Å². The minimum Gasteiger partial charge on any atom is -0.382 e. The summed E-state index contributed by atoms with van der Waals surface area (Å²) in [5.74, 6) is 1.77. The van der Waals surface area contributed by atoms with Crippen molar-refractivity contribution >= 4 is 5.96 Å². The first-order valence-corrected chi connectivity index (χ1v) is 8.49. The number of hydrogen-bond donors (Lipinski definition) is 2. The number of guanidine groups is 1. The zero-order chi connectivity index (χ0) is 16.0. The van der Waals surface area contributed by atoms with Crippen LogP contribution in [0.1, 0.15) is 26.2 Å². The van der Waals surface area contributed by atoms with E-state index in [-0.39, 0.29) is 0 Å². The van der Waals surface area contributed by atoms with Crippen LogP contribution in [0, 0.1) is 5.92 Å². The molecule has 0 unspecified atom stereocenters. The molecule has 6 nitrogen and oxygen atoms in total. The van der Waals surface area contributed by atoms with Gasteiger partial charge in [-0.3, -0.25) is 4.99 Å². The fraction of sp³-hybridized carbons (Fsp3) is 0.938. The summed E-state index contributed by atoms with van der Waals surface area (Å²) in [5.41, 5.74) is 0. The van der Waals surface area contributed by atoms with Crippen LogP contribution in [0.4, 0.5) is 0 Å². The van der Waals surface area contributed by atoms with Crippen LogP contribution in [-0.4, -0.2) is 77.6 Å². The van der Waals surface area contributed by atoms with Gasteiger partial charge in [-0.25, -0.2) is 0 Å². The minimum absolute atomic E-state index is 0.659. The van der Waals surface area contributed by atoms with E-state index in [1.165, 1.54) is 25.9 Å². The van der Waals surface area contributed by atoms with Crippen LogP contribution in [0.15, 0.2) is 4.99 Å². The number of hydrogen-bond acceptors (Lipinski definition) is 4. The van der Waals surface area contributed by atoms with Gasteiger partial charge in [-0.2, -0.15) is 0 Å². The monoisotopic (exact) mass is 314 g/mol. The van der Waals surface area contributed by atoms with Crippen LogP contribution in [-0.2, 0) is 9.47 Å². The number of likely N-dealkylation sites (tertiary alicyclic amines) is 1. The number of ether oxygens (including phenoxy) is 2. The zero-order valence-electron chi connectivity index (χ0n) is 14.6. The summed E-state index contributed by atoms with van der Waals surface area (Å²) in [6.07, 6.45) is 3.63. The molecule has 22 heavy (non-hydrogen) atoms. The predicted molar refractivity (Wildman–Crippen MR) is 91.5 cm³/mol. The summed E-state index contributed by atoms with van der Waals surface area (Å²) < 4.78 is 10.4. The molecule has 1 rings (SSSR count). The Hall–Kier alpha value is -0.850. The van der Waals surface area contributed by atoms with Crippen LogP contribution in [0.2, 0.25) is 0 Å². The number of rotatable bonds is 10. The molecule has 1 saturated heterocycles. The van der Waals surface area contributed by atoms with Gasteiger partial charge in [0.1, 0.15) is 0 Å². The molecule has 1 aliphatic rings. The van der Waals surface area contributed by atoms with Gasteiger partial charge in [0.25, 0.3) is 0 Å². The third kappa shape index (κ3) is 9.23. The predicted octanol–water partition coefficient (Wildman–Crippen LogP) is 0.936. The van der Waals surface area contributed by atoms with Gasteiger partial charge in [-0.1, -0.05) is 6.92 Å². The maximum Gasteiger partial charge on any atom is 0.191 e. The second-order valence-corrected chi connectivity index (χ2v) is 5.91. The Bertz CT molecular complexity index is 292. The van der Waals surface area contributed by atoms with Gasteiger partial charge in [-0.05, 0) is 38.3 Å². The smallest absolute Gasteiger partial charge is 0.191 e. The molecule has 130 valence electrons. The summed E-state index contributed by atoms with van der Waals surface area (Å²) in [6.45, 7) is 9.78. The molecule has 1 aliphatic heterocycles. The molecule has 0 aromatic rings. The molecule has 0 radical (unpaired) electrons. The minimum atomic E-state index is 0.659. The largest absolute Gasteiger partial charge is 0.382 e. The number of aliphatic imine (C=N–C) groups is 1. The highest BCUT2D eigenvalue weighted by Crippen LogP contribution is 2.14. The van der Waals surface area contributed by atoms with Gasteiger partial charge in [0, 0.05) is 40.4 Å². The van der Waals surface area contributed by atoms with Gasteiger partial charge in [-0.15, -0.1) is 0 Å². The summed E-state index contributed by atoms with van der Waals surface area (Å²) in [4.78, 5) is 6.78. The van der Waals surface area contributed by atoms with Crippen molar-refractivity contribution in [3.8, 4) is 0 Å². The highest BCUT2D eigenvalue weighted by Gasteiger charge is 2.14. The SMILES string of the molecule is CN=C(NCCCOCCOC)NCCN1CCC(C)CC1. The van der Waals surface area contributed by atoms with Crippen LogP contribution < -0.4 is 10.6 Å². The maximum atomic E-state index is 5.43. The molecule has 0 amide bonds. The number of nitrogens with one attached hydrogen (secondary N) is 2. The second-order valence-electron chi connectivity index (χ2n) is 5.91. The van der Waals surface area contributed by atoms with E-state index in [1.807, 2.05) is 7.05 Å². The third-order valence-electron chi connectivity index (χ3n) is 4.01. The normalized spacial score (nSPS) is 17.7. The van der Waals surface area contributed by atoms with E-state index in [9.17, 15) is 0 Å². The Morgan fingerprint density at radius 1 is 1.14 bits per heavy atom. The van der Waals surface area contributed by atoms with Crippen molar-refractivity contribution in [2.24, 2.45) is 10.9 Å². The topological polar surface area (TPSA) is 58.1 Å². The second kappa shape index (κ2) is 12.7. The molecule has 0 saturated carbocycles. The standard InChI is InChI=1S/C16H34N4O2/c1-15-5-9-20(10-6-15)11-8-19-16(17-2)18-7-4-12-22-14-13-21-3/h15H,4-14H2,1-3H3,(H2,17,18,19). The van der Waals surface area contributed by atoms with Gasteiger partial charge in [0.15, 0.2) is 5.96 Å². The molecular formula is C16H34N4O2. The lowest BCUT2D eigenvalue weighted by molar-refractivity contribution is 0.0698. The molecular weight excluding hydrogens is 280 g/mol. The van der Waals surface area contributed by atoms with Gasteiger partial charge < -0.3 is 25.0 Å². The molecule has 0 atom stereocenters. The lowest BCUT2D eigenvalue weighted by Crippen LogP contribution is -2.43. The van der Waals surface area contributed by atoms with E-state index in [2.05, 4.69) is 27.4 Å². The first-order valence-electron chi connectivity index (χ1n) is 8.49. The molecule has 6 heteroatoms. The van der Waals surface area contributed by atoms with Crippen molar-refractivity contribution < 1.29 is 9.47 Å². The Balaban J connectivity index is 1.98. The van der Waals surface area contributed by atoms with E-state index >= 15 is 0 Å². The van der Waals surface area contributed by atoms with Crippen LogP contribution in [0.3, 0.4) is 0 Å². The molecule has 0 spiro atoms. The highest BCUT2D eigenvalue weighted by atomic mass is 16.5. The van der Waals surface area contributed by atoms with Crippen molar-refractivity contribution in [3.63, 3.8) is 0 Å². The van der Waals surface area contributed by atoms with E-state index in [0.717, 1.165) is 44.5 Å². The van der Waals surface area contributed by atoms with Gasteiger partial charge >= 0.3 is 0 Å². The highest BCUT2D eigenvalue weighted by molar-refractivity contribution is 5.79. The fourth-order valence-electron chi connectivity index (χ4n) is 2.46. The molecule has 1 heterocycles. The number of piperidine rings is 1. The fourth-order valence-corrected chi connectivity index (χ4v) is 2.46. The molecule has 0 aliphatic carbocycles. The Morgan fingerprint density at radius 3 is 2.55 bits per heavy atom. The summed E-state index contributed by atoms with van der Waals surface area (Å²) in [6, 6.07) is 0. The van der Waals surface area contributed by atoms with Gasteiger partial charge in [0.2, 0.25) is 0 Å². The van der Waals surface area contributed by atoms with Crippen molar-refractivity contribution in [2.45, 2.75) is 26.2 Å². The van der Waals surface area contributed by atoms with E-state index in [4.69, 9.17) is 9.47 Å². The Kier molecular flexibility index (Phi) is 11.1. The van der Waals surface area contributed by atoms with E-state index < -0.39 is 0 Å². The summed E-state index contributed by atoms with van der Waals surface area (Å²) >= 11 is 0.